The number of rotatable bonds is 6. The molecule has 0 spiro atoms. The Hall–Kier alpha value is -2.84. The van der Waals surface area contributed by atoms with Crippen molar-refractivity contribution in [2.75, 3.05) is 43.6 Å². The second-order valence-corrected chi connectivity index (χ2v) is 10.9. The summed E-state index contributed by atoms with van der Waals surface area (Å²) in [6.07, 6.45) is 0. The normalized spacial score (nSPS) is 14.8. The van der Waals surface area contributed by atoms with Crippen molar-refractivity contribution in [2.24, 2.45) is 0 Å². The molecule has 1 aliphatic rings. The van der Waals surface area contributed by atoms with Gasteiger partial charge in [-0.2, -0.15) is 0 Å². The summed E-state index contributed by atoms with van der Waals surface area (Å²) >= 11 is 1.44. The molecule has 1 saturated heterocycles. The summed E-state index contributed by atoms with van der Waals surface area (Å²) < 4.78 is 18.1. The molecule has 1 aromatic heterocycles. The number of morpholine rings is 1. The molecule has 0 unspecified atom stereocenters. The number of benzene rings is 2. The van der Waals surface area contributed by atoms with Gasteiger partial charge in [-0.15, -0.1) is 0 Å². The van der Waals surface area contributed by atoms with Gasteiger partial charge < -0.3 is 19.1 Å². The number of anilines is 2. The Morgan fingerprint density at radius 1 is 1.06 bits per heavy atom. The third-order valence-electron chi connectivity index (χ3n) is 5.92. The first-order valence-corrected chi connectivity index (χ1v) is 12.3. The molecule has 34 heavy (non-hydrogen) atoms. The van der Waals surface area contributed by atoms with Crippen LogP contribution in [0.5, 0.6) is 11.5 Å². The molecule has 2 aromatic carbocycles. The summed E-state index contributed by atoms with van der Waals surface area (Å²) in [4.78, 5) is 20.1. The van der Waals surface area contributed by atoms with Crippen LogP contribution in [0.15, 0.2) is 36.4 Å². The van der Waals surface area contributed by atoms with Gasteiger partial charge in [0.1, 0.15) is 17.0 Å². The fourth-order valence-electron chi connectivity index (χ4n) is 3.85. The van der Waals surface area contributed by atoms with Crippen molar-refractivity contribution >= 4 is 38.3 Å². The van der Waals surface area contributed by atoms with Crippen LogP contribution in [-0.4, -0.2) is 49.9 Å². The van der Waals surface area contributed by atoms with Gasteiger partial charge in [0.15, 0.2) is 10.7 Å². The number of fused-ring (bicyclic) bond motifs is 1. The summed E-state index contributed by atoms with van der Waals surface area (Å²) in [7, 11) is 1.63. The fourth-order valence-corrected chi connectivity index (χ4v) is 4.87. The monoisotopic (exact) mass is 483 g/mol. The second-order valence-electron chi connectivity index (χ2n) is 9.92. The van der Waals surface area contributed by atoms with Gasteiger partial charge in [-0.25, -0.2) is 4.98 Å². The van der Waals surface area contributed by atoms with E-state index in [1.807, 2.05) is 36.4 Å². The van der Waals surface area contributed by atoms with E-state index in [1.165, 1.54) is 16.9 Å². The van der Waals surface area contributed by atoms with Crippen LogP contribution in [0.3, 0.4) is 0 Å². The van der Waals surface area contributed by atoms with E-state index in [0.29, 0.717) is 29.8 Å². The Kier molecular flexibility index (Phi) is 6.73. The smallest absolute Gasteiger partial charge is 0.269 e. The van der Waals surface area contributed by atoms with Crippen LogP contribution in [0.1, 0.15) is 40.2 Å². The number of methoxy groups -OCH3 is 1. The lowest BCUT2D eigenvalue weighted by Crippen LogP contribution is -2.42. The molecular weight excluding hydrogens is 450 g/mol. The number of hydrogen-bond donors (Lipinski definition) is 1. The van der Waals surface area contributed by atoms with Crippen LogP contribution in [0.2, 0.25) is 0 Å². The Labute approximate surface area is 205 Å². The molecule has 1 N–H and O–H groups in total. The Balaban J connectivity index is 1.54. The van der Waals surface area contributed by atoms with E-state index < -0.39 is 5.60 Å². The van der Waals surface area contributed by atoms with Gasteiger partial charge in [-0.1, -0.05) is 44.2 Å². The number of ether oxygens (including phenoxy) is 3. The third-order valence-corrected chi connectivity index (χ3v) is 6.91. The molecule has 3 aromatic rings. The van der Waals surface area contributed by atoms with Gasteiger partial charge in [0.2, 0.25) is 0 Å². The first-order chi connectivity index (χ1) is 16.1. The van der Waals surface area contributed by atoms with Crippen LogP contribution in [-0.2, 0) is 14.9 Å². The topological polar surface area (TPSA) is 72.9 Å². The summed E-state index contributed by atoms with van der Waals surface area (Å²) in [5.74, 6) is 1.06. The highest BCUT2D eigenvalue weighted by molar-refractivity contribution is 7.23. The number of nitrogens with one attached hydrogen (secondary N) is 1. The van der Waals surface area contributed by atoms with E-state index in [1.54, 1.807) is 21.0 Å². The van der Waals surface area contributed by atoms with Crippen molar-refractivity contribution in [2.45, 2.75) is 45.6 Å². The summed E-state index contributed by atoms with van der Waals surface area (Å²) in [5, 5.41) is 3.47. The number of aromatic nitrogens is 1. The Morgan fingerprint density at radius 3 is 2.35 bits per heavy atom. The SMILES string of the molecule is COc1ccc(N2CCOCC2)c2sc(NC(=O)C(C)(C)Oc3ccc(C(C)(C)C)cc3)nc12. The average molecular weight is 484 g/mol. The van der Waals surface area contributed by atoms with Crippen LogP contribution in [0, 0.1) is 0 Å². The quantitative estimate of drug-likeness (QED) is 0.517. The number of carbonyl (C=O) groups excluding carboxylic acids is 1. The molecule has 1 amide bonds. The zero-order valence-corrected chi connectivity index (χ0v) is 21.5. The summed E-state index contributed by atoms with van der Waals surface area (Å²) in [5.41, 5.74) is 1.99. The Morgan fingerprint density at radius 2 is 1.74 bits per heavy atom. The molecule has 8 heteroatoms. The maximum atomic E-state index is 13.2. The van der Waals surface area contributed by atoms with E-state index >= 15 is 0 Å². The van der Waals surface area contributed by atoms with Gasteiger partial charge in [0.05, 0.1) is 30.7 Å². The number of amides is 1. The number of thiazole rings is 1. The fraction of sp³-hybridized carbons (Fsp3) is 0.462. The average Bonchev–Trinajstić information content (AvgIpc) is 3.22. The van der Waals surface area contributed by atoms with Gasteiger partial charge >= 0.3 is 0 Å². The second kappa shape index (κ2) is 9.43. The molecule has 0 radical (unpaired) electrons. The minimum Gasteiger partial charge on any atom is -0.494 e. The van der Waals surface area contributed by atoms with Gasteiger partial charge in [-0.3, -0.25) is 10.1 Å². The molecular formula is C26H33N3O4S. The standard InChI is InChI=1S/C26H33N3O4S/c1-25(2,3)17-7-9-18(10-8-17)33-26(4,5)23(30)28-24-27-21-20(31-6)12-11-19(22(21)34-24)29-13-15-32-16-14-29/h7-12H,13-16H2,1-6H3,(H,27,28,30). The van der Waals surface area contributed by atoms with E-state index in [4.69, 9.17) is 14.2 Å². The number of carbonyl (C=O) groups is 1. The van der Waals surface area contributed by atoms with Crippen molar-refractivity contribution in [3.05, 3.63) is 42.0 Å². The molecule has 0 atom stereocenters. The van der Waals surface area contributed by atoms with Gasteiger partial charge in [0.25, 0.3) is 5.91 Å². The van der Waals surface area contributed by atoms with Crippen LogP contribution >= 0.6 is 11.3 Å². The van der Waals surface area contributed by atoms with Crippen molar-refractivity contribution in [1.82, 2.24) is 4.98 Å². The summed E-state index contributed by atoms with van der Waals surface area (Å²) in [6, 6.07) is 11.9. The van der Waals surface area contributed by atoms with E-state index in [0.717, 1.165) is 29.0 Å². The first-order valence-electron chi connectivity index (χ1n) is 11.5. The van der Waals surface area contributed by atoms with Crippen molar-refractivity contribution in [1.29, 1.82) is 0 Å². The minimum absolute atomic E-state index is 0.0550. The number of nitrogens with zero attached hydrogens (tertiary/aromatic N) is 2. The maximum Gasteiger partial charge on any atom is 0.269 e. The first kappa shape index (κ1) is 24.3. The lowest BCUT2D eigenvalue weighted by atomic mass is 9.87. The molecule has 1 fully saturated rings. The van der Waals surface area contributed by atoms with Crippen molar-refractivity contribution in [3.63, 3.8) is 0 Å². The highest BCUT2D eigenvalue weighted by atomic mass is 32.1. The van der Waals surface area contributed by atoms with E-state index in [-0.39, 0.29) is 11.3 Å². The van der Waals surface area contributed by atoms with Crippen LogP contribution < -0.4 is 19.7 Å². The van der Waals surface area contributed by atoms with Crippen LogP contribution in [0.4, 0.5) is 10.8 Å². The molecule has 1 aliphatic heterocycles. The highest BCUT2D eigenvalue weighted by Crippen LogP contribution is 2.40. The van der Waals surface area contributed by atoms with E-state index in [9.17, 15) is 4.79 Å². The van der Waals surface area contributed by atoms with E-state index in [2.05, 4.69) is 36.0 Å². The van der Waals surface area contributed by atoms with Crippen LogP contribution in [0.25, 0.3) is 10.2 Å². The van der Waals surface area contributed by atoms with Gasteiger partial charge in [0, 0.05) is 13.1 Å². The molecule has 182 valence electrons. The minimum atomic E-state index is -1.09. The highest BCUT2D eigenvalue weighted by Gasteiger charge is 2.31. The zero-order chi connectivity index (χ0) is 24.5. The van der Waals surface area contributed by atoms with Crippen molar-refractivity contribution in [3.8, 4) is 11.5 Å². The molecule has 0 saturated carbocycles. The summed E-state index contributed by atoms with van der Waals surface area (Å²) in [6.45, 7) is 13.0. The van der Waals surface area contributed by atoms with Crippen molar-refractivity contribution < 1.29 is 19.0 Å². The molecule has 4 rings (SSSR count). The zero-order valence-electron chi connectivity index (χ0n) is 20.7. The molecule has 0 bridgehead atoms. The number of hydrogen-bond acceptors (Lipinski definition) is 7. The van der Waals surface area contributed by atoms with Gasteiger partial charge in [-0.05, 0) is 49.1 Å². The molecule has 7 nitrogen and oxygen atoms in total. The maximum absolute atomic E-state index is 13.2. The lowest BCUT2D eigenvalue weighted by molar-refractivity contribution is -0.128. The third kappa shape index (κ3) is 5.13. The molecule has 0 aliphatic carbocycles. The Bertz CT molecular complexity index is 1160. The lowest BCUT2D eigenvalue weighted by Gasteiger charge is -2.29. The molecule has 2 heterocycles. The predicted octanol–water partition coefficient (Wildman–Crippen LogP) is 5.24. The largest absolute Gasteiger partial charge is 0.494 e. The predicted molar refractivity (Wildman–Crippen MR) is 138 cm³/mol.